The summed E-state index contributed by atoms with van der Waals surface area (Å²) in [7, 11) is 0. The van der Waals surface area contributed by atoms with Gasteiger partial charge < -0.3 is 9.88 Å². The second-order valence-electron chi connectivity index (χ2n) is 9.40. The Kier molecular flexibility index (Phi) is 3.79. The van der Waals surface area contributed by atoms with Crippen molar-refractivity contribution in [2.45, 2.75) is 56.9 Å². The molecule has 2 aliphatic heterocycles. The summed E-state index contributed by atoms with van der Waals surface area (Å²) in [6.45, 7) is 2.71. The van der Waals surface area contributed by atoms with E-state index in [9.17, 15) is 9.59 Å². The Morgan fingerprint density at radius 3 is 2.66 bits per heavy atom. The van der Waals surface area contributed by atoms with Crippen LogP contribution >= 0.6 is 0 Å². The Balaban J connectivity index is 1.33. The molecule has 0 atom stereocenters. The minimum atomic E-state index is -0.346. The second kappa shape index (κ2) is 6.29. The summed E-state index contributed by atoms with van der Waals surface area (Å²) in [5, 5.41) is 7.08. The fourth-order valence-corrected chi connectivity index (χ4v) is 5.60. The summed E-state index contributed by atoms with van der Waals surface area (Å²) in [4.78, 5) is 30.2. The van der Waals surface area contributed by atoms with Gasteiger partial charge >= 0.3 is 6.03 Å². The molecule has 152 valence electrons. The maximum Gasteiger partial charge on any atom is 0.328 e. The molecule has 0 unspecified atom stereocenters. The van der Waals surface area contributed by atoms with Gasteiger partial charge in [0.25, 0.3) is 0 Å². The quantitative estimate of drug-likeness (QED) is 0.840. The van der Waals surface area contributed by atoms with Gasteiger partial charge in [0.05, 0.1) is 11.9 Å². The largest absolute Gasteiger partial charge is 0.329 e. The number of piperidine rings is 1. The number of hydrogen-bond donors (Lipinski definition) is 2. The van der Waals surface area contributed by atoms with E-state index in [0.717, 1.165) is 24.4 Å². The number of nitrogens with one attached hydrogen (secondary N) is 2. The van der Waals surface area contributed by atoms with E-state index in [2.05, 4.69) is 27.5 Å². The normalized spacial score (nSPS) is 24.8. The Morgan fingerprint density at radius 2 is 1.93 bits per heavy atom. The van der Waals surface area contributed by atoms with Gasteiger partial charge in [-0.15, -0.1) is 0 Å². The van der Waals surface area contributed by atoms with E-state index >= 15 is 0 Å². The van der Waals surface area contributed by atoms with Gasteiger partial charge in [0, 0.05) is 30.6 Å². The molecular formula is C22H27N5O2. The molecule has 0 bridgehead atoms. The van der Waals surface area contributed by atoms with Crippen molar-refractivity contribution in [2.75, 3.05) is 24.5 Å². The highest BCUT2D eigenvalue weighted by Crippen LogP contribution is 2.55. The number of rotatable bonds is 3. The molecule has 0 aromatic carbocycles. The van der Waals surface area contributed by atoms with E-state index in [1.807, 2.05) is 0 Å². The highest BCUT2D eigenvalue weighted by atomic mass is 16.2. The molecule has 2 saturated carbocycles. The number of carbonyl (C=O) groups excluding carboxylic acids is 2. The Bertz CT molecular complexity index is 994. The predicted octanol–water partition coefficient (Wildman–Crippen LogP) is 3.06. The molecule has 7 heteroatoms. The molecule has 4 heterocycles. The number of imide groups is 1. The molecule has 2 aromatic heterocycles. The second-order valence-corrected chi connectivity index (χ2v) is 9.40. The number of urea groups is 1. The van der Waals surface area contributed by atoms with E-state index in [-0.39, 0.29) is 11.9 Å². The molecule has 2 aliphatic carbocycles. The fourth-order valence-electron chi connectivity index (χ4n) is 5.60. The first-order chi connectivity index (χ1) is 14.1. The van der Waals surface area contributed by atoms with Crippen LogP contribution in [-0.2, 0) is 4.79 Å². The standard InChI is InChI=1S/C22H27N5O2/c28-19-3-8-26(21(29)25-19)15-9-17-18(14-1-2-14)13-27(20(17)24-12-15)16-10-22(11-16)4-6-23-7-5-22/h9,12-14,16,23H,1-8,10-11H2,(H,25,28,29). The zero-order valence-corrected chi connectivity index (χ0v) is 16.6. The molecule has 3 amide bonds. The molecule has 4 aliphatic rings. The van der Waals surface area contributed by atoms with Crippen LogP contribution in [0.5, 0.6) is 0 Å². The molecule has 4 fully saturated rings. The van der Waals surface area contributed by atoms with Gasteiger partial charge in [0.2, 0.25) is 5.91 Å². The first-order valence-electron chi connectivity index (χ1n) is 10.9. The molecule has 7 nitrogen and oxygen atoms in total. The first kappa shape index (κ1) is 17.4. The predicted molar refractivity (Wildman–Crippen MR) is 110 cm³/mol. The lowest BCUT2D eigenvalue weighted by atomic mass is 9.60. The van der Waals surface area contributed by atoms with E-state index in [1.54, 1.807) is 11.1 Å². The van der Waals surface area contributed by atoms with Crippen LogP contribution in [0.25, 0.3) is 11.0 Å². The monoisotopic (exact) mass is 393 g/mol. The van der Waals surface area contributed by atoms with E-state index in [4.69, 9.17) is 4.98 Å². The number of amides is 3. The summed E-state index contributed by atoms with van der Waals surface area (Å²) < 4.78 is 2.42. The summed E-state index contributed by atoms with van der Waals surface area (Å²) in [6, 6.07) is 2.31. The van der Waals surface area contributed by atoms with Crippen molar-refractivity contribution in [3.05, 3.63) is 24.0 Å². The van der Waals surface area contributed by atoms with Gasteiger partial charge in [0.15, 0.2) is 0 Å². The Morgan fingerprint density at radius 1 is 1.14 bits per heavy atom. The molecule has 0 radical (unpaired) electrons. The third-order valence-electron chi connectivity index (χ3n) is 7.46. The van der Waals surface area contributed by atoms with Crippen LogP contribution in [-0.4, -0.2) is 41.1 Å². The van der Waals surface area contributed by atoms with Crippen molar-refractivity contribution in [2.24, 2.45) is 5.41 Å². The Labute approximate surface area is 169 Å². The zero-order valence-electron chi connectivity index (χ0n) is 16.6. The van der Waals surface area contributed by atoms with Crippen molar-refractivity contribution in [3.8, 4) is 0 Å². The van der Waals surface area contributed by atoms with Gasteiger partial charge in [-0.05, 0) is 74.6 Å². The number of aromatic nitrogens is 2. The van der Waals surface area contributed by atoms with Gasteiger partial charge in [-0.25, -0.2) is 9.78 Å². The third-order valence-corrected chi connectivity index (χ3v) is 7.46. The summed E-state index contributed by atoms with van der Waals surface area (Å²) in [5.41, 5.74) is 3.75. The number of fused-ring (bicyclic) bond motifs is 1. The van der Waals surface area contributed by atoms with Gasteiger partial charge in [-0.2, -0.15) is 0 Å². The van der Waals surface area contributed by atoms with Crippen LogP contribution in [0.4, 0.5) is 10.5 Å². The minimum absolute atomic E-state index is 0.207. The van der Waals surface area contributed by atoms with Crippen molar-refractivity contribution in [3.63, 3.8) is 0 Å². The van der Waals surface area contributed by atoms with Gasteiger partial charge in [0.1, 0.15) is 5.65 Å². The number of nitrogens with zero attached hydrogens (tertiary/aromatic N) is 3. The van der Waals surface area contributed by atoms with Crippen LogP contribution in [0.2, 0.25) is 0 Å². The van der Waals surface area contributed by atoms with Gasteiger partial charge in [-0.3, -0.25) is 15.0 Å². The number of hydrogen-bond acceptors (Lipinski definition) is 4. The lowest BCUT2D eigenvalue weighted by Gasteiger charge is -2.51. The average Bonchev–Trinajstić information content (AvgIpc) is 3.47. The van der Waals surface area contributed by atoms with Crippen molar-refractivity contribution in [1.29, 1.82) is 0 Å². The van der Waals surface area contributed by atoms with Crippen LogP contribution in [0.15, 0.2) is 18.5 Å². The van der Waals surface area contributed by atoms with E-state index in [0.29, 0.717) is 30.3 Å². The SMILES string of the molecule is O=C1CCN(c2cnc3c(c2)c(C2CC2)cn3C2CC3(CCNCC3)C2)C(=O)N1. The minimum Gasteiger partial charge on any atom is -0.329 e. The van der Waals surface area contributed by atoms with Crippen LogP contribution < -0.4 is 15.5 Å². The number of carbonyl (C=O) groups is 2. The smallest absolute Gasteiger partial charge is 0.328 e. The Hall–Kier alpha value is -2.41. The molecule has 29 heavy (non-hydrogen) atoms. The van der Waals surface area contributed by atoms with Crippen LogP contribution in [0.1, 0.15) is 62.5 Å². The summed E-state index contributed by atoms with van der Waals surface area (Å²) in [6.07, 6.45) is 12.0. The number of anilines is 1. The van der Waals surface area contributed by atoms with Gasteiger partial charge in [-0.1, -0.05) is 0 Å². The third kappa shape index (κ3) is 2.86. The molecule has 2 aromatic rings. The molecule has 2 saturated heterocycles. The molecule has 2 N–H and O–H groups in total. The first-order valence-corrected chi connectivity index (χ1v) is 10.9. The maximum atomic E-state index is 12.3. The summed E-state index contributed by atoms with van der Waals surface area (Å²) in [5.74, 6) is 0.419. The fraction of sp³-hybridized carbons (Fsp3) is 0.591. The average molecular weight is 393 g/mol. The highest BCUT2D eigenvalue weighted by Gasteiger charge is 2.46. The topological polar surface area (TPSA) is 79.3 Å². The van der Waals surface area contributed by atoms with Crippen molar-refractivity contribution in [1.82, 2.24) is 20.2 Å². The van der Waals surface area contributed by atoms with Crippen molar-refractivity contribution >= 4 is 28.7 Å². The maximum absolute atomic E-state index is 12.3. The van der Waals surface area contributed by atoms with E-state index in [1.165, 1.54) is 49.5 Å². The van der Waals surface area contributed by atoms with Crippen molar-refractivity contribution < 1.29 is 9.59 Å². The molecule has 1 spiro atoms. The molecular weight excluding hydrogens is 366 g/mol. The highest BCUT2D eigenvalue weighted by molar-refractivity contribution is 6.06. The zero-order chi connectivity index (χ0) is 19.6. The lowest BCUT2D eigenvalue weighted by Crippen LogP contribution is -2.49. The van der Waals surface area contributed by atoms with E-state index < -0.39 is 0 Å². The molecule has 6 rings (SSSR count). The van der Waals surface area contributed by atoms with Crippen LogP contribution in [0, 0.1) is 5.41 Å². The van der Waals surface area contributed by atoms with Crippen LogP contribution in [0.3, 0.4) is 0 Å². The number of pyridine rings is 1. The summed E-state index contributed by atoms with van der Waals surface area (Å²) >= 11 is 0. The lowest BCUT2D eigenvalue weighted by molar-refractivity contribution is -0.120.